The quantitative estimate of drug-likeness (QED) is 0.455. The number of hydrogen-bond donors (Lipinski definition) is 2. The van der Waals surface area contributed by atoms with Gasteiger partial charge in [-0.25, -0.2) is 0 Å². The number of hydrogen-bond acceptors (Lipinski definition) is 6. The zero-order valence-electron chi connectivity index (χ0n) is 20.1. The van der Waals surface area contributed by atoms with Gasteiger partial charge < -0.3 is 20.1 Å². The van der Waals surface area contributed by atoms with Crippen molar-refractivity contribution in [1.82, 2.24) is 5.01 Å². The normalized spacial score (nSPS) is 17.8. The molecule has 2 aromatic carbocycles. The zero-order valence-corrected chi connectivity index (χ0v) is 20.1. The van der Waals surface area contributed by atoms with E-state index in [4.69, 9.17) is 4.74 Å². The molecule has 2 fully saturated rings. The van der Waals surface area contributed by atoms with E-state index in [2.05, 4.69) is 20.5 Å². The number of amides is 2. The van der Waals surface area contributed by atoms with Gasteiger partial charge in [-0.1, -0.05) is 0 Å². The van der Waals surface area contributed by atoms with Gasteiger partial charge in [-0.3, -0.25) is 14.6 Å². The van der Waals surface area contributed by atoms with Crippen molar-refractivity contribution in [1.29, 1.82) is 0 Å². The second kappa shape index (κ2) is 11.8. The van der Waals surface area contributed by atoms with Crippen LogP contribution in [0.3, 0.4) is 0 Å². The van der Waals surface area contributed by atoms with Crippen LogP contribution < -0.4 is 20.1 Å². The van der Waals surface area contributed by atoms with E-state index < -0.39 is 12.7 Å². The summed E-state index contributed by atoms with van der Waals surface area (Å²) in [5, 5.41) is 11.9. The van der Waals surface area contributed by atoms with Crippen LogP contribution in [-0.4, -0.2) is 48.8 Å². The molecule has 1 heterocycles. The molecule has 0 spiro atoms. The number of halogens is 2. The number of carbonyl (C=O) groups excluding carboxylic acids is 2. The molecule has 0 bridgehead atoms. The molecule has 2 amide bonds. The lowest BCUT2D eigenvalue weighted by atomic mass is 10.0. The maximum Gasteiger partial charge on any atom is 0.387 e. The first-order valence-corrected chi connectivity index (χ1v) is 12.1. The van der Waals surface area contributed by atoms with E-state index in [-0.39, 0.29) is 23.3 Å². The number of hydrazone groups is 1. The van der Waals surface area contributed by atoms with Gasteiger partial charge in [-0.2, -0.15) is 13.9 Å². The Morgan fingerprint density at radius 3 is 2.44 bits per heavy atom. The van der Waals surface area contributed by atoms with Gasteiger partial charge in [0.2, 0.25) is 11.8 Å². The van der Waals surface area contributed by atoms with Gasteiger partial charge in [-0.05, 0) is 86.1 Å². The Bertz CT molecular complexity index is 1090. The minimum atomic E-state index is -2.94. The highest BCUT2D eigenvalue weighted by Gasteiger charge is 2.28. The molecule has 2 N–H and O–H groups in total. The number of rotatable bonds is 10. The maximum atomic E-state index is 13.0. The molecule has 1 saturated heterocycles. The lowest BCUT2D eigenvalue weighted by Crippen LogP contribution is -2.44. The lowest BCUT2D eigenvalue weighted by Gasteiger charge is -2.32. The van der Waals surface area contributed by atoms with E-state index in [0.29, 0.717) is 42.4 Å². The molecule has 2 aliphatic rings. The fraction of sp³-hybridized carbons (Fsp3) is 0.423. The van der Waals surface area contributed by atoms with Crippen molar-refractivity contribution in [2.45, 2.75) is 51.7 Å². The van der Waals surface area contributed by atoms with Crippen molar-refractivity contribution < 1.29 is 27.8 Å². The molecule has 1 atom stereocenters. The van der Waals surface area contributed by atoms with Crippen LogP contribution in [-0.2, 0) is 9.59 Å². The molecular formula is C26H30F2N4O4. The van der Waals surface area contributed by atoms with Crippen LogP contribution in [0.5, 0.6) is 11.5 Å². The largest absolute Gasteiger partial charge is 0.489 e. The molecule has 0 radical (unpaired) electrons. The van der Waals surface area contributed by atoms with Crippen molar-refractivity contribution in [3.63, 3.8) is 0 Å². The van der Waals surface area contributed by atoms with E-state index in [1.807, 2.05) is 0 Å². The summed E-state index contributed by atoms with van der Waals surface area (Å²) in [4.78, 5) is 24.2. The number of alkyl halides is 2. The topological polar surface area (TPSA) is 92.3 Å². The molecule has 1 aliphatic carbocycles. The molecule has 8 nitrogen and oxygen atoms in total. The van der Waals surface area contributed by atoms with Crippen LogP contribution in [0.4, 0.5) is 20.2 Å². The summed E-state index contributed by atoms with van der Waals surface area (Å²) in [5.41, 5.74) is 1.92. The Morgan fingerprint density at radius 1 is 1.06 bits per heavy atom. The third-order valence-corrected chi connectivity index (χ3v) is 5.96. The first kappa shape index (κ1) is 25.4. The van der Waals surface area contributed by atoms with Gasteiger partial charge in [0.1, 0.15) is 6.04 Å². The third-order valence-electron chi connectivity index (χ3n) is 5.96. The van der Waals surface area contributed by atoms with Crippen LogP contribution in [0.1, 0.15) is 44.6 Å². The molecule has 192 valence electrons. The highest BCUT2D eigenvalue weighted by Crippen LogP contribution is 2.34. The van der Waals surface area contributed by atoms with Gasteiger partial charge in [0.05, 0.1) is 12.8 Å². The molecule has 0 unspecified atom stereocenters. The molecule has 1 aliphatic heterocycles. The highest BCUT2D eigenvalue weighted by molar-refractivity contribution is 5.95. The Kier molecular flexibility index (Phi) is 8.35. The standard InChI is InChI=1S/C26H30F2N4O4/c1-17(33)30-20-8-10-21(11-9-20)31-25(34)22-4-2-3-13-32(22)29-15-19-7-12-23(36-26(27)28)24(14-19)35-16-18-5-6-18/h7-12,14-15,18,22,26H,2-6,13,16H2,1H3,(H,30,33)(H,31,34)/b29-15+/t22-/m0/s1. The summed E-state index contributed by atoms with van der Waals surface area (Å²) >= 11 is 0. The van der Waals surface area contributed by atoms with Gasteiger partial charge in [0.15, 0.2) is 11.5 Å². The predicted molar refractivity (Wildman–Crippen MR) is 133 cm³/mol. The van der Waals surface area contributed by atoms with Crippen LogP contribution in [0.25, 0.3) is 0 Å². The zero-order chi connectivity index (χ0) is 25.5. The predicted octanol–water partition coefficient (Wildman–Crippen LogP) is 4.86. The number of piperidine rings is 1. The van der Waals surface area contributed by atoms with Crippen molar-refractivity contribution >= 4 is 29.4 Å². The average Bonchev–Trinajstić information content (AvgIpc) is 3.68. The van der Waals surface area contributed by atoms with E-state index in [1.54, 1.807) is 47.6 Å². The first-order chi connectivity index (χ1) is 17.4. The summed E-state index contributed by atoms with van der Waals surface area (Å²) < 4.78 is 35.9. The number of anilines is 2. The van der Waals surface area contributed by atoms with E-state index >= 15 is 0 Å². The summed E-state index contributed by atoms with van der Waals surface area (Å²) in [6.45, 7) is -0.433. The molecule has 0 aromatic heterocycles. The maximum absolute atomic E-state index is 13.0. The van der Waals surface area contributed by atoms with Gasteiger partial charge in [0.25, 0.3) is 0 Å². The summed E-state index contributed by atoms with van der Waals surface area (Å²) in [7, 11) is 0. The smallest absolute Gasteiger partial charge is 0.387 e. The average molecular weight is 501 g/mol. The van der Waals surface area contributed by atoms with E-state index in [9.17, 15) is 18.4 Å². The molecule has 10 heteroatoms. The fourth-order valence-electron chi connectivity index (χ4n) is 3.93. The molecular weight excluding hydrogens is 470 g/mol. The molecule has 36 heavy (non-hydrogen) atoms. The van der Waals surface area contributed by atoms with Crippen LogP contribution in [0.2, 0.25) is 0 Å². The van der Waals surface area contributed by atoms with Crippen molar-refractivity contribution in [2.75, 3.05) is 23.8 Å². The van der Waals surface area contributed by atoms with Crippen molar-refractivity contribution in [2.24, 2.45) is 11.0 Å². The third kappa shape index (κ3) is 7.40. The van der Waals surface area contributed by atoms with Crippen LogP contribution in [0, 0.1) is 5.92 Å². The minimum absolute atomic E-state index is 0.0115. The first-order valence-electron chi connectivity index (χ1n) is 12.1. The number of carbonyl (C=O) groups is 2. The summed E-state index contributed by atoms with van der Waals surface area (Å²) in [6, 6.07) is 11.1. The summed E-state index contributed by atoms with van der Waals surface area (Å²) in [5.74, 6) is 0.355. The highest BCUT2D eigenvalue weighted by atomic mass is 19.3. The Morgan fingerprint density at radius 2 is 1.78 bits per heavy atom. The number of nitrogens with one attached hydrogen (secondary N) is 2. The van der Waals surface area contributed by atoms with Crippen LogP contribution in [0.15, 0.2) is 47.6 Å². The fourth-order valence-corrected chi connectivity index (χ4v) is 3.93. The Balaban J connectivity index is 1.42. The second-order valence-electron chi connectivity index (χ2n) is 9.01. The number of nitrogens with zero attached hydrogens (tertiary/aromatic N) is 2. The Hall–Kier alpha value is -3.69. The van der Waals surface area contributed by atoms with Crippen molar-refractivity contribution in [3.8, 4) is 11.5 Å². The van der Waals surface area contributed by atoms with Crippen molar-refractivity contribution in [3.05, 3.63) is 48.0 Å². The van der Waals surface area contributed by atoms with Gasteiger partial charge in [0, 0.05) is 24.8 Å². The molecule has 1 saturated carbocycles. The lowest BCUT2D eigenvalue weighted by molar-refractivity contribution is -0.122. The molecule has 4 rings (SSSR count). The minimum Gasteiger partial charge on any atom is -0.489 e. The Labute approximate surface area is 208 Å². The van der Waals surface area contributed by atoms with Gasteiger partial charge >= 0.3 is 6.61 Å². The van der Waals surface area contributed by atoms with Gasteiger partial charge in [-0.15, -0.1) is 0 Å². The van der Waals surface area contributed by atoms with E-state index in [1.165, 1.54) is 13.0 Å². The second-order valence-corrected chi connectivity index (χ2v) is 9.01. The monoisotopic (exact) mass is 500 g/mol. The number of benzene rings is 2. The summed E-state index contributed by atoms with van der Waals surface area (Å²) in [6.07, 6.45) is 6.22. The SMILES string of the molecule is CC(=O)Nc1ccc(NC(=O)[C@@H]2CCCCN2/N=C/c2ccc(OC(F)F)c(OCC3CC3)c2)cc1. The molecule has 2 aromatic rings. The number of ether oxygens (including phenoxy) is 2. The van der Waals surface area contributed by atoms with E-state index in [0.717, 1.165) is 25.7 Å². The van der Waals surface area contributed by atoms with Crippen LogP contribution >= 0.6 is 0 Å².